The van der Waals surface area contributed by atoms with Crippen LogP contribution >= 0.6 is 11.6 Å². The first kappa shape index (κ1) is 23.0. The Bertz CT molecular complexity index is 1290. The number of hydrogen-bond acceptors (Lipinski definition) is 8. The van der Waals surface area contributed by atoms with Gasteiger partial charge in [0.1, 0.15) is 28.2 Å². The first-order chi connectivity index (χ1) is 15.8. The molecule has 3 aromatic rings. The number of aliphatic hydroxyl groups is 1. The van der Waals surface area contributed by atoms with Crippen LogP contribution in [-0.2, 0) is 0 Å². The lowest BCUT2D eigenvalue weighted by Crippen LogP contribution is -2.32. The molecular weight excluding hydrogens is 452 g/mol. The van der Waals surface area contributed by atoms with Gasteiger partial charge in [-0.2, -0.15) is 0 Å². The minimum absolute atomic E-state index is 0.0735. The summed E-state index contributed by atoms with van der Waals surface area (Å²) in [5.74, 6) is 0.783. The Morgan fingerprint density at radius 1 is 1.24 bits per heavy atom. The molecule has 2 aromatic carbocycles. The molecule has 174 valence electrons. The number of hydrogen-bond donors (Lipinski definition) is 1. The molecule has 0 aliphatic carbocycles. The molecule has 0 unspecified atom stereocenters. The van der Waals surface area contributed by atoms with Crippen molar-refractivity contribution < 1.29 is 23.9 Å². The van der Waals surface area contributed by atoms with E-state index in [1.807, 2.05) is 7.05 Å². The van der Waals surface area contributed by atoms with Gasteiger partial charge in [-0.15, -0.1) is 0 Å². The standard InChI is InChI=1S/C23H23ClN2O7/c1-25-7-6-14(16(25)11-27)21-19(31-2)10-20(32-3)22-17(28)9-18(33-23(21)22)13-5-4-12(26(29)30)8-15(13)24/h4-5,8-10,14,16,27H,6-7,11H2,1-3H3/t14-,16+/m0/s1. The van der Waals surface area contributed by atoms with Crippen molar-refractivity contribution >= 4 is 28.3 Å². The Morgan fingerprint density at radius 2 is 1.97 bits per heavy atom. The lowest BCUT2D eigenvalue weighted by molar-refractivity contribution is -0.384. The van der Waals surface area contributed by atoms with Gasteiger partial charge in [-0.3, -0.25) is 14.9 Å². The smallest absolute Gasteiger partial charge is 0.270 e. The molecule has 0 saturated carbocycles. The van der Waals surface area contributed by atoms with E-state index in [2.05, 4.69) is 4.90 Å². The summed E-state index contributed by atoms with van der Waals surface area (Å²) in [5.41, 5.74) is 0.760. The molecule has 33 heavy (non-hydrogen) atoms. The van der Waals surface area contributed by atoms with Gasteiger partial charge in [-0.05, 0) is 26.1 Å². The van der Waals surface area contributed by atoms with Crippen LogP contribution in [0.3, 0.4) is 0 Å². The fourth-order valence-electron chi connectivity index (χ4n) is 4.54. The predicted octanol–water partition coefficient (Wildman–Crippen LogP) is 3.82. The summed E-state index contributed by atoms with van der Waals surface area (Å²) in [5, 5.41) is 21.4. The number of rotatable bonds is 6. The van der Waals surface area contributed by atoms with E-state index in [0.717, 1.165) is 13.0 Å². The van der Waals surface area contributed by atoms with Crippen molar-refractivity contribution in [1.29, 1.82) is 0 Å². The molecule has 10 heteroatoms. The lowest BCUT2D eigenvalue weighted by Gasteiger charge is -2.25. The van der Waals surface area contributed by atoms with Crippen molar-refractivity contribution in [2.75, 3.05) is 34.4 Å². The monoisotopic (exact) mass is 474 g/mol. The van der Waals surface area contributed by atoms with Crippen LogP contribution in [0.25, 0.3) is 22.3 Å². The quantitative estimate of drug-likeness (QED) is 0.423. The van der Waals surface area contributed by atoms with E-state index in [0.29, 0.717) is 22.6 Å². The number of fused-ring (bicyclic) bond motifs is 1. The van der Waals surface area contributed by atoms with Crippen molar-refractivity contribution in [3.8, 4) is 22.8 Å². The second-order valence-electron chi connectivity index (χ2n) is 7.92. The van der Waals surface area contributed by atoms with E-state index in [9.17, 15) is 20.0 Å². The van der Waals surface area contributed by atoms with Gasteiger partial charge < -0.3 is 23.9 Å². The van der Waals surface area contributed by atoms with Crippen LogP contribution in [0.2, 0.25) is 5.02 Å². The molecule has 2 heterocycles. The van der Waals surface area contributed by atoms with E-state index in [1.165, 1.54) is 38.5 Å². The van der Waals surface area contributed by atoms with Crippen molar-refractivity contribution in [2.45, 2.75) is 18.4 Å². The van der Waals surface area contributed by atoms with Gasteiger partial charge in [-0.1, -0.05) is 11.6 Å². The number of ether oxygens (including phenoxy) is 2. The molecule has 1 aromatic heterocycles. The van der Waals surface area contributed by atoms with Gasteiger partial charge in [0.2, 0.25) is 0 Å². The Balaban J connectivity index is 2.03. The SMILES string of the molecule is COc1cc(OC)c2c(=O)cc(-c3ccc([N+](=O)[O-])cc3Cl)oc2c1[C@H]1CCN(C)[C@@H]1CO. The van der Waals surface area contributed by atoms with Crippen LogP contribution < -0.4 is 14.9 Å². The Kier molecular flexibility index (Phi) is 6.29. The fraction of sp³-hybridized carbons (Fsp3) is 0.348. The maximum Gasteiger partial charge on any atom is 0.270 e. The van der Waals surface area contributed by atoms with E-state index in [4.69, 9.17) is 25.5 Å². The molecule has 1 aliphatic heterocycles. The average molecular weight is 475 g/mol. The van der Waals surface area contributed by atoms with Gasteiger partial charge >= 0.3 is 0 Å². The van der Waals surface area contributed by atoms with Crippen LogP contribution in [0.4, 0.5) is 5.69 Å². The highest BCUT2D eigenvalue weighted by Gasteiger charge is 2.37. The van der Waals surface area contributed by atoms with Crippen LogP contribution in [-0.4, -0.2) is 55.4 Å². The first-order valence-corrected chi connectivity index (χ1v) is 10.7. The van der Waals surface area contributed by atoms with Gasteiger partial charge in [0, 0.05) is 47.4 Å². The summed E-state index contributed by atoms with van der Waals surface area (Å²) < 4.78 is 17.3. The molecule has 2 atom stereocenters. The van der Waals surface area contributed by atoms with E-state index >= 15 is 0 Å². The molecule has 1 saturated heterocycles. The number of benzene rings is 2. The van der Waals surface area contributed by atoms with E-state index in [1.54, 1.807) is 6.07 Å². The summed E-state index contributed by atoms with van der Waals surface area (Å²) in [7, 11) is 4.90. The highest BCUT2D eigenvalue weighted by Crippen LogP contribution is 2.45. The third kappa shape index (κ3) is 3.92. The minimum Gasteiger partial charge on any atom is -0.496 e. The molecule has 9 nitrogen and oxygen atoms in total. The molecular formula is C23H23ClN2O7. The summed E-state index contributed by atoms with van der Waals surface area (Å²) in [4.78, 5) is 25.8. The third-order valence-electron chi connectivity index (χ3n) is 6.22. The van der Waals surface area contributed by atoms with Crippen LogP contribution in [0.5, 0.6) is 11.5 Å². The van der Waals surface area contributed by atoms with Crippen molar-refractivity contribution in [3.63, 3.8) is 0 Å². The second kappa shape index (κ2) is 9.01. The minimum atomic E-state index is -0.550. The molecule has 0 amide bonds. The zero-order chi connectivity index (χ0) is 23.9. The summed E-state index contributed by atoms with van der Waals surface area (Å²) >= 11 is 6.30. The molecule has 1 aliphatic rings. The molecule has 0 bridgehead atoms. The largest absolute Gasteiger partial charge is 0.496 e. The van der Waals surface area contributed by atoms with Crippen molar-refractivity contribution in [3.05, 3.63) is 61.3 Å². The van der Waals surface area contributed by atoms with E-state index in [-0.39, 0.29) is 51.4 Å². The summed E-state index contributed by atoms with van der Waals surface area (Å²) in [6.45, 7) is 0.681. The van der Waals surface area contributed by atoms with Crippen molar-refractivity contribution in [1.82, 2.24) is 4.90 Å². The molecule has 1 fully saturated rings. The average Bonchev–Trinajstić information content (AvgIpc) is 3.17. The molecule has 0 radical (unpaired) electrons. The van der Waals surface area contributed by atoms with Crippen LogP contribution in [0.1, 0.15) is 17.9 Å². The third-order valence-corrected chi connectivity index (χ3v) is 6.53. The van der Waals surface area contributed by atoms with Crippen LogP contribution in [0.15, 0.2) is 39.5 Å². The topological polar surface area (TPSA) is 115 Å². The van der Waals surface area contributed by atoms with Gasteiger partial charge in [0.25, 0.3) is 5.69 Å². The number of halogens is 1. The molecule has 4 rings (SSSR count). The molecule has 0 spiro atoms. The number of non-ortho nitro benzene ring substituents is 1. The highest BCUT2D eigenvalue weighted by atomic mass is 35.5. The zero-order valence-corrected chi connectivity index (χ0v) is 19.1. The summed E-state index contributed by atoms with van der Waals surface area (Å²) in [6.07, 6.45) is 0.728. The number of likely N-dealkylation sites (tertiary alicyclic amines) is 1. The number of aliphatic hydroxyl groups excluding tert-OH is 1. The van der Waals surface area contributed by atoms with Gasteiger partial charge in [0.05, 0.1) is 30.8 Å². The van der Waals surface area contributed by atoms with E-state index < -0.39 is 4.92 Å². The first-order valence-electron chi connectivity index (χ1n) is 10.3. The maximum atomic E-state index is 13.2. The molecule has 1 N–H and O–H groups in total. The van der Waals surface area contributed by atoms with Gasteiger partial charge in [0.15, 0.2) is 5.43 Å². The van der Waals surface area contributed by atoms with Crippen LogP contribution in [0, 0.1) is 10.1 Å². The Morgan fingerprint density at radius 3 is 2.58 bits per heavy atom. The second-order valence-corrected chi connectivity index (χ2v) is 8.33. The number of methoxy groups -OCH3 is 2. The van der Waals surface area contributed by atoms with Crippen molar-refractivity contribution in [2.24, 2.45) is 0 Å². The maximum absolute atomic E-state index is 13.2. The normalized spacial score (nSPS) is 18.6. The number of nitro benzene ring substituents is 1. The van der Waals surface area contributed by atoms with Gasteiger partial charge in [-0.25, -0.2) is 0 Å². The zero-order valence-electron chi connectivity index (χ0n) is 18.3. The number of nitrogens with zero attached hydrogens (tertiary/aromatic N) is 2. The number of nitro groups is 1. The predicted molar refractivity (Wildman–Crippen MR) is 124 cm³/mol. The Labute approximate surface area is 194 Å². The Hall–Kier alpha value is -3.14. The lowest BCUT2D eigenvalue weighted by atomic mass is 9.89. The summed E-state index contributed by atoms with van der Waals surface area (Å²) in [6, 6.07) is 6.71. The number of likely N-dealkylation sites (N-methyl/N-ethyl adjacent to an activating group) is 1. The fourth-order valence-corrected chi connectivity index (χ4v) is 4.81. The highest BCUT2D eigenvalue weighted by molar-refractivity contribution is 6.33.